The fraction of sp³-hybridized carbons (Fsp3) is 0.429. The van der Waals surface area contributed by atoms with E-state index in [1.165, 1.54) is 7.11 Å². The van der Waals surface area contributed by atoms with Crippen molar-refractivity contribution in [3.05, 3.63) is 29.3 Å². The van der Waals surface area contributed by atoms with E-state index < -0.39 is 11.5 Å². The van der Waals surface area contributed by atoms with Gasteiger partial charge in [-0.2, -0.15) is 0 Å². The van der Waals surface area contributed by atoms with Crippen molar-refractivity contribution in [1.29, 1.82) is 0 Å². The largest absolute Gasteiger partial charge is 0.465 e. The van der Waals surface area contributed by atoms with Crippen molar-refractivity contribution in [3.8, 4) is 0 Å². The van der Waals surface area contributed by atoms with Crippen molar-refractivity contribution < 1.29 is 14.3 Å². The average Bonchev–Trinajstić information content (AvgIpc) is 2.28. The molecule has 0 fully saturated rings. The Labute approximate surface area is 113 Å². The van der Waals surface area contributed by atoms with E-state index >= 15 is 0 Å². The smallest absolute Gasteiger partial charge is 0.337 e. The Morgan fingerprint density at radius 3 is 2.47 bits per heavy atom. The van der Waals surface area contributed by atoms with Crippen LogP contribution in [0, 0.1) is 6.92 Å². The van der Waals surface area contributed by atoms with Gasteiger partial charge in [0, 0.05) is 17.6 Å². The predicted octanol–water partition coefficient (Wildman–Crippen LogP) is 1.85. The lowest BCUT2D eigenvalue weighted by Crippen LogP contribution is -2.36. The lowest BCUT2D eigenvalue weighted by atomic mass is 10.0. The second-order valence-electron chi connectivity index (χ2n) is 5.23. The first kappa shape index (κ1) is 15.2. The van der Waals surface area contributed by atoms with Crippen LogP contribution in [0.3, 0.4) is 0 Å². The van der Waals surface area contributed by atoms with Crippen LogP contribution < -0.4 is 11.1 Å². The van der Waals surface area contributed by atoms with E-state index in [1.54, 1.807) is 32.0 Å². The maximum Gasteiger partial charge on any atom is 0.337 e. The Kier molecular flexibility index (Phi) is 4.67. The van der Waals surface area contributed by atoms with E-state index in [4.69, 9.17) is 5.73 Å². The summed E-state index contributed by atoms with van der Waals surface area (Å²) in [6, 6.07) is 4.97. The lowest BCUT2D eigenvalue weighted by Gasteiger charge is -2.18. The minimum Gasteiger partial charge on any atom is -0.465 e. The molecule has 1 aromatic rings. The fourth-order valence-corrected chi connectivity index (χ4v) is 1.66. The Morgan fingerprint density at radius 1 is 1.37 bits per heavy atom. The number of hydrogen-bond donors (Lipinski definition) is 2. The summed E-state index contributed by atoms with van der Waals surface area (Å²) in [7, 11) is 1.33. The summed E-state index contributed by atoms with van der Waals surface area (Å²) in [5.41, 5.74) is 7.16. The number of aryl methyl sites for hydroxylation is 1. The highest BCUT2D eigenvalue weighted by Gasteiger charge is 2.17. The lowest BCUT2D eigenvalue weighted by molar-refractivity contribution is -0.117. The number of esters is 1. The summed E-state index contributed by atoms with van der Waals surface area (Å²) in [6.07, 6.45) is 0.227. The van der Waals surface area contributed by atoms with Gasteiger partial charge in [0.1, 0.15) is 0 Å². The van der Waals surface area contributed by atoms with Gasteiger partial charge in [-0.05, 0) is 44.5 Å². The summed E-state index contributed by atoms with van der Waals surface area (Å²) in [5.74, 6) is -0.550. The van der Waals surface area contributed by atoms with Crippen LogP contribution in [0.15, 0.2) is 18.2 Å². The summed E-state index contributed by atoms with van der Waals surface area (Å²) in [6.45, 7) is 5.40. The molecule has 0 bridgehead atoms. The number of nitrogens with one attached hydrogen (secondary N) is 1. The van der Waals surface area contributed by atoms with Crippen LogP contribution in [0.2, 0.25) is 0 Å². The molecular formula is C14H20N2O3. The third-order valence-corrected chi connectivity index (χ3v) is 2.54. The van der Waals surface area contributed by atoms with Crippen LogP contribution in [0.1, 0.15) is 36.2 Å². The van der Waals surface area contributed by atoms with Crippen LogP contribution in [-0.4, -0.2) is 24.5 Å². The topological polar surface area (TPSA) is 81.4 Å². The zero-order valence-corrected chi connectivity index (χ0v) is 11.7. The van der Waals surface area contributed by atoms with Gasteiger partial charge < -0.3 is 15.8 Å². The molecule has 0 aliphatic carbocycles. The quantitative estimate of drug-likeness (QED) is 0.813. The van der Waals surface area contributed by atoms with Gasteiger partial charge in [-0.1, -0.05) is 0 Å². The summed E-state index contributed by atoms with van der Waals surface area (Å²) >= 11 is 0. The molecule has 0 aromatic heterocycles. The van der Waals surface area contributed by atoms with Crippen molar-refractivity contribution in [3.63, 3.8) is 0 Å². The number of amides is 1. The normalized spacial score (nSPS) is 11.0. The minimum atomic E-state index is -0.552. The van der Waals surface area contributed by atoms with Crippen LogP contribution >= 0.6 is 0 Å². The summed E-state index contributed by atoms with van der Waals surface area (Å²) in [4.78, 5) is 23.1. The second-order valence-corrected chi connectivity index (χ2v) is 5.23. The van der Waals surface area contributed by atoms with Gasteiger partial charge in [-0.15, -0.1) is 0 Å². The molecule has 0 atom stereocenters. The van der Waals surface area contributed by atoms with Gasteiger partial charge in [0.05, 0.1) is 12.7 Å². The van der Waals surface area contributed by atoms with Crippen molar-refractivity contribution in [2.45, 2.75) is 32.7 Å². The van der Waals surface area contributed by atoms with Crippen LogP contribution in [0.4, 0.5) is 5.69 Å². The molecule has 1 amide bonds. The molecule has 1 aromatic carbocycles. The van der Waals surface area contributed by atoms with E-state index in [9.17, 15) is 9.59 Å². The number of hydrogen-bond acceptors (Lipinski definition) is 4. The molecule has 0 unspecified atom stereocenters. The molecule has 0 aliphatic heterocycles. The number of methoxy groups -OCH3 is 1. The van der Waals surface area contributed by atoms with E-state index in [0.717, 1.165) is 5.56 Å². The number of carbonyl (C=O) groups is 2. The van der Waals surface area contributed by atoms with Crippen molar-refractivity contribution in [2.24, 2.45) is 5.73 Å². The van der Waals surface area contributed by atoms with Gasteiger partial charge >= 0.3 is 5.97 Å². The summed E-state index contributed by atoms with van der Waals surface area (Å²) < 4.78 is 4.64. The predicted molar refractivity (Wildman–Crippen MR) is 74.0 cm³/mol. The van der Waals surface area contributed by atoms with Gasteiger partial charge in [0.2, 0.25) is 5.91 Å². The number of nitrogens with two attached hydrogens (primary N) is 1. The molecule has 104 valence electrons. The highest BCUT2D eigenvalue weighted by Crippen LogP contribution is 2.18. The number of carbonyl (C=O) groups excluding carboxylic acids is 2. The van der Waals surface area contributed by atoms with Gasteiger partial charge in [-0.25, -0.2) is 4.79 Å². The third kappa shape index (κ3) is 4.71. The van der Waals surface area contributed by atoms with Crippen LogP contribution in [0.25, 0.3) is 0 Å². The monoisotopic (exact) mass is 264 g/mol. The van der Waals surface area contributed by atoms with Crippen molar-refractivity contribution in [1.82, 2.24) is 0 Å². The maximum atomic E-state index is 11.8. The number of ether oxygens (including phenoxy) is 1. The highest BCUT2D eigenvalue weighted by atomic mass is 16.5. The average molecular weight is 264 g/mol. The van der Waals surface area contributed by atoms with E-state index in [2.05, 4.69) is 10.1 Å². The molecule has 5 heteroatoms. The maximum absolute atomic E-state index is 11.8. The first-order valence-corrected chi connectivity index (χ1v) is 6.00. The Balaban J connectivity index is 2.81. The van der Waals surface area contributed by atoms with Crippen molar-refractivity contribution in [2.75, 3.05) is 12.4 Å². The Hall–Kier alpha value is -1.88. The second kappa shape index (κ2) is 5.84. The molecule has 3 N–H and O–H groups in total. The Morgan fingerprint density at radius 2 is 2.00 bits per heavy atom. The summed E-state index contributed by atoms with van der Waals surface area (Å²) in [5, 5.41) is 2.78. The molecule has 0 aliphatic rings. The Bertz CT molecular complexity index is 490. The number of anilines is 1. The van der Waals surface area contributed by atoms with Gasteiger partial charge in [0.15, 0.2) is 0 Å². The zero-order valence-electron chi connectivity index (χ0n) is 11.7. The molecule has 0 radical (unpaired) electrons. The van der Waals surface area contributed by atoms with Crippen molar-refractivity contribution >= 4 is 17.6 Å². The minimum absolute atomic E-state index is 0.151. The van der Waals surface area contributed by atoms with Crippen LogP contribution in [-0.2, 0) is 9.53 Å². The standard InChI is InChI=1S/C14H20N2O3/c1-9-7-10(13(18)19-4)5-6-11(9)16-12(17)8-14(2,3)15/h5-7H,8,15H2,1-4H3,(H,16,17). The first-order chi connectivity index (χ1) is 8.73. The SMILES string of the molecule is COC(=O)c1ccc(NC(=O)CC(C)(C)N)c(C)c1. The molecule has 0 heterocycles. The third-order valence-electron chi connectivity index (χ3n) is 2.54. The highest BCUT2D eigenvalue weighted by molar-refractivity contribution is 5.94. The molecule has 5 nitrogen and oxygen atoms in total. The van der Waals surface area contributed by atoms with Crippen LogP contribution in [0.5, 0.6) is 0 Å². The van der Waals surface area contributed by atoms with Gasteiger partial charge in [-0.3, -0.25) is 4.79 Å². The molecule has 0 spiro atoms. The number of benzene rings is 1. The molecule has 19 heavy (non-hydrogen) atoms. The fourth-order valence-electron chi connectivity index (χ4n) is 1.66. The molecule has 1 rings (SSSR count). The molecule has 0 saturated carbocycles. The van der Waals surface area contributed by atoms with E-state index in [-0.39, 0.29) is 12.3 Å². The molecule has 0 saturated heterocycles. The number of rotatable bonds is 4. The first-order valence-electron chi connectivity index (χ1n) is 6.00. The van der Waals surface area contributed by atoms with E-state index in [0.29, 0.717) is 11.3 Å². The zero-order chi connectivity index (χ0) is 14.6. The van der Waals surface area contributed by atoms with E-state index in [1.807, 2.05) is 6.92 Å². The van der Waals surface area contributed by atoms with Gasteiger partial charge in [0.25, 0.3) is 0 Å². The molecular weight excluding hydrogens is 244 g/mol.